The second-order valence-corrected chi connectivity index (χ2v) is 7.99. The van der Waals surface area contributed by atoms with Gasteiger partial charge in [-0.3, -0.25) is 9.69 Å². The molecule has 1 aliphatic rings. The fourth-order valence-corrected chi connectivity index (χ4v) is 2.76. The van der Waals surface area contributed by atoms with Gasteiger partial charge in [0.15, 0.2) is 0 Å². The third-order valence-electron chi connectivity index (χ3n) is 3.08. The molecule has 3 amide bonds. The SMILES string of the molecule is CN1C(=O)/C(=N/C(Cl)C(Cl)C(Cl)(Cl)Cl)N(c2ccccc2F)C1=O. The lowest BCUT2D eigenvalue weighted by atomic mass is 10.3. The summed E-state index contributed by atoms with van der Waals surface area (Å²) in [7, 11) is 1.22. The average molecular weight is 435 g/mol. The summed E-state index contributed by atoms with van der Waals surface area (Å²) in [6, 6.07) is 4.57. The quantitative estimate of drug-likeness (QED) is 0.407. The second-order valence-electron chi connectivity index (χ2n) is 4.70. The van der Waals surface area contributed by atoms with Gasteiger partial charge in [-0.05, 0) is 12.1 Å². The molecule has 0 aromatic heterocycles. The van der Waals surface area contributed by atoms with E-state index < -0.39 is 38.3 Å². The molecule has 11 heteroatoms. The van der Waals surface area contributed by atoms with Crippen molar-refractivity contribution < 1.29 is 14.0 Å². The van der Waals surface area contributed by atoms with Crippen molar-refractivity contribution in [3.05, 3.63) is 30.1 Å². The fraction of sp³-hybridized carbons (Fsp3) is 0.308. The Labute approximate surface area is 161 Å². The van der Waals surface area contributed by atoms with E-state index >= 15 is 0 Å². The van der Waals surface area contributed by atoms with Crippen LogP contribution in [0.15, 0.2) is 29.3 Å². The predicted octanol–water partition coefficient (Wildman–Crippen LogP) is 4.17. The normalized spacial score (nSPS) is 20.0. The van der Waals surface area contributed by atoms with E-state index in [4.69, 9.17) is 58.0 Å². The number of aliphatic imine (C=N–C) groups is 1. The van der Waals surface area contributed by atoms with E-state index in [-0.39, 0.29) is 5.69 Å². The van der Waals surface area contributed by atoms with Crippen LogP contribution in [0.25, 0.3) is 0 Å². The van der Waals surface area contributed by atoms with Crippen LogP contribution in [-0.4, -0.2) is 44.4 Å². The summed E-state index contributed by atoms with van der Waals surface area (Å²) in [5.74, 6) is -1.94. The highest BCUT2D eigenvalue weighted by molar-refractivity contribution is 6.70. The summed E-state index contributed by atoms with van der Waals surface area (Å²) < 4.78 is 12.1. The van der Waals surface area contributed by atoms with E-state index in [1.807, 2.05) is 0 Å². The van der Waals surface area contributed by atoms with E-state index in [1.165, 1.54) is 25.2 Å². The van der Waals surface area contributed by atoms with Crippen LogP contribution in [0.4, 0.5) is 14.9 Å². The topological polar surface area (TPSA) is 53.0 Å². The summed E-state index contributed by atoms with van der Waals surface area (Å²) in [5, 5.41) is -1.30. The number of alkyl halides is 5. The van der Waals surface area contributed by atoms with Gasteiger partial charge in [-0.1, -0.05) is 58.5 Å². The molecule has 0 bridgehead atoms. The summed E-state index contributed by atoms with van der Waals surface area (Å²) in [5.41, 5.74) is -1.52. The second kappa shape index (κ2) is 7.22. The average Bonchev–Trinajstić information content (AvgIpc) is 2.71. The molecule has 0 spiro atoms. The zero-order valence-corrected chi connectivity index (χ0v) is 15.7. The molecule has 0 N–H and O–H groups in total. The molecule has 24 heavy (non-hydrogen) atoms. The van der Waals surface area contributed by atoms with Crippen molar-refractivity contribution in [1.82, 2.24) is 4.90 Å². The van der Waals surface area contributed by atoms with Gasteiger partial charge in [0.1, 0.15) is 16.7 Å². The molecular weight excluding hydrogens is 426 g/mol. The van der Waals surface area contributed by atoms with Crippen LogP contribution in [0, 0.1) is 5.82 Å². The van der Waals surface area contributed by atoms with E-state index in [0.717, 1.165) is 15.9 Å². The highest BCUT2D eigenvalue weighted by Crippen LogP contribution is 2.38. The minimum Gasteiger partial charge on any atom is -0.265 e. The van der Waals surface area contributed by atoms with Gasteiger partial charge in [-0.2, -0.15) is 0 Å². The summed E-state index contributed by atoms with van der Waals surface area (Å²) in [6.45, 7) is 0. The van der Waals surface area contributed by atoms with E-state index in [9.17, 15) is 14.0 Å². The Bertz CT molecular complexity index is 709. The monoisotopic (exact) mass is 433 g/mol. The molecule has 2 atom stereocenters. The Kier molecular flexibility index (Phi) is 5.87. The smallest absolute Gasteiger partial charge is 0.265 e. The molecule has 1 heterocycles. The molecule has 1 aromatic rings. The first-order valence-corrected chi connectivity index (χ1v) is 8.35. The van der Waals surface area contributed by atoms with Gasteiger partial charge in [0.2, 0.25) is 9.63 Å². The van der Waals surface area contributed by atoms with Crippen LogP contribution in [0.1, 0.15) is 0 Å². The standard InChI is InChI=1S/C13H9Cl5FN3O2/c1-21-11(23)10(20-9(15)8(14)13(16,17)18)22(12(21)24)7-5-3-2-4-6(7)19/h2-5,8-9H,1H3/b20-10-. The molecule has 1 aliphatic heterocycles. The maximum Gasteiger partial charge on any atom is 0.337 e. The van der Waals surface area contributed by atoms with Crippen LogP contribution in [0.3, 0.4) is 0 Å². The first kappa shape index (κ1) is 19.5. The molecule has 5 nitrogen and oxygen atoms in total. The molecule has 130 valence electrons. The number of urea groups is 1. The van der Waals surface area contributed by atoms with Gasteiger partial charge in [-0.25, -0.2) is 19.1 Å². The molecule has 1 fully saturated rings. The highest BCUT2D eigenvalue weighted by Gasteiger charge is 2.44. The number of halogens is 6. The number of benzene rings is 1. The number of para-hydroxylation sites is 1. The number of likely N-dealkylation sites (N-methyl/N-ethyl adjacent to an activating group) is 1. The number of nitrogens with zero attached hydrogens (tertiary/aromatic N) is 3. The maximum atomic E-state index is 14.0. The first-order valence-electron chi connectivity index (χ1n) is 6.35. The number of imide groups is 1. The van der Waals surface area contributed by atoms with Crippen LogP contribution in [0.5, 0.6) is 0 Å². The Morgan fingerprint density at radius 1 is 1.17 bits per heavy atom. The highest BCUT2D eigenvalue weighted by atomic mass is 35.6. The largest absolute Gasteiger partial charge is 0.337 e. The Hall–Kier alpha value is -0.790. The summed E-state index contributed by atoms with van der Waals surface area (Å²) >= 11 is 28.8. The van der Waals surface area contributed by atoms with Crippen molar-refractivity contribution in [2.45, 2.75) is 14.7 Å². The molecular formula is C13H9Cl5FN3O2. The molecule has 1 aromatic carbocycles. The lowest BCUT2D eigenvalue weighted by Crippen LogP contribution is -2.35. The zero-order valence-electron chi connectivity index (χ0n) is 11.9. The van der Waals surface area contributed by atoms with Crippen molar-refractivity contribution in [3.63, 3.8) is 0 Å². The number of hydrogen-bond acceptors (Lipinski definition) is 3. The molecule has 2 unspecified atom stereocenters. The third-order valence-corrected chi connectivity index (χ3v) is 5.16. The number of amides is 3. The van der Waals surface area contributed by atoms with E-state index in [0.29, 0.717) is 0 Å². The van der Waals surface area contributed by atoms with Crippen LogP contribution >= 0.6 is 58.0 Å². The van der Waals surface area contributed by atoms with Crippen LogP contribution in [-0.2, 0) is 4.79 Å². The minimum atomic E-state index is -1.96. The van der Waals surface area contributed by atoms with Crippen LogP contribution in [0.2, 0.25) is 0 Å². The van der Waals surface area contributed by atoms with E-state index in [1.54, 1.807) is 0 Å². The van der Waals surface area contributed by atoms with Gasteiger partial charge in [0, 0.05) is 7.05 Å². The Morgan fingerprint density at radius 3 is 2.29 bits per heavy atom. The van der Waals surface area contributed by atoms with Gasteiger partial charge < -0.3 is 0 Å². The van der Waals surface area contributed by atoms with Crippen molar-refractivity contribution in [2.24, 2.45) is 4.99 Å². The van der Waals surface area contributed by atoms with Gasteiger partial charge in [0.25, 0.3) is 5.91 Å². The first-order chi connectivity index (χ1) is 11.1. The third kappa shape index (κ3) is 3.73. The van der Waals surface area contributed by atoms with Crippen molar-refractivity contribution >= 4 is 81.5 Å². The number of hydrogen-bond donors (Lipinski definition) is 0. The van der Waals surface area contributed by atoms with E-state index in [2.05, 4.69) is 4.99 Å². The fourth-order valence-electron chi connectivity index (χ4n) is 1.87. The summed E-state index contributed by atoms with van der Waals surface area (Å²) in [6.07, 6.45) is 0. The zero-order chi connectivity index (χ0) is 18.2. The van der Waals surface area contributed by atoms with Crippen molar-refractivity contribution in [2.75, 3.05) is 11.9 Å². The molecule has 2 rings (SSSR count). The lowest BCUT2D eigenvalue weighted by molar-refractivity contribution is -0.119. The number of carbonyl (C=O) groups excluding carboxylic acids is 2. The number of rotatable bonds is 3. The van der Waals surface area contributed by atoms with Crippen LogP contribution < -0.4 is 4.90 Å². The van der Waals surface area contributed by atoms with Gasteiger partial charge in [-0.15, -0.1) is 11.6 Å². The number of anilines is 1. The van der Waals surface area contributed by atoms with Gasteiger partial charge >= 0.3 is 6.03 Å². The maximum absolute atomic E-state index is 14.0. The molecule has 0 aliphatic carbocycles. The minimum absolute atomic E-state index is 0.164. The summed E-state index contributed by atoms with van der Waals surface area (Å²) in [4.78, 5) is 29.9. The van der Waals surface area contributed by atoms with Gasteiger partial charge in [0.05, 0.1) is 5.69 Å². The Morgan fingerprint density at radius 2 is 1.75 bits per heavy atom. The lowest BCUT2D eigenvalue weighted by Gasteiger charge is -2.21. The van der Waals surface area contributed by atoms with Crippen molar-refractivity contribution in [1.29, 1.82) is 0 Å². The Balaban J connectivity index is 2.49. The molecule has 0 saturated carbocycles. The molecule has 1 saturated heterocycles. The van der Waals surface area contributed by atoms with Crippen molar-refractivity contribution in [3.8, 4) is 0 Å². The number of amidine groups is 1. The predicted molar refractivity (Wildman–Crippen MR) is 94.1 cm³/mol. The number of carbonyl (C=O) groups is 2. The molecule has 0 radical (unpaired) electrons.